The van der Waals surface area contributed by atoms with E-state index < -0.39 is 24.2 Å². The third kappa shape index (κ3) is 4.70. The minimum Gasteiger partial charge on any atom is -0.390 e. The van der Waals surface area contributed by atoms with Crippen LogP contribution in [0.3, 0.4) is 0 Å². The van der Waals surface area contributed by atoms with Crippen molar-refractivity contribution in [2.45, 2.75) is 48.2 Å². The zero-order chi connectivity index (χ0) is 24.5. The minimum atomic E-state index is -1.22. The second-order valence-electron chi connectivity index (χ2n) is 8.94. The van der Waals surface area contributed by atoms with E-state index in [2.05, 4.69) is 43.0 Å². The lowest BCUT2D eigenvalue weighted by Crippen LogP contribution is -2.39. The fraction of sp³-hybridized carbons (Fsp3) is 0.522. The average Bonchev–Trinajstić information content (AvgIpc) is 3.41. The van der Waals surface area contributed by atoms with Crippen molar-refractivity contribution in [1.82, 2.24) is 30.3 Å². The summed E-state index contributed by atoms with van der Waals surface area (Å²) in [6, 6.07) is 9.92. The number of carbonyl (C=O) groups excluding carboxylic acids is 1. The van der Waals surface area contributed by atoms with Gasteiger partial charge in [0.15, 0.2) is 22.1 Å². The molecule has 0 radical (unpaired) electrons. The van der Waals surface area contributed by atoms with Gasteiger partial charge < -0.3 is 25.6 Å². The molecule has 1 amide bonds. The summed E-state index contributed by atoms with van der Waals surface area (Å²) < 4.78 is 6.47. The number of hydrogen-bond donors (Lipinski definition) is 4. The fourth-order valence-electron chi connectivity index (χ4n) is 4.74. The zero-order valence-electron chi connectivity index (χ0n) is 19.5. The normalized spacial score (nSPS) is 27.8. The van der Waals surface area contributed by atoms with Crippen LogP contribution in [0.4, 0.5) is 5.82 Å². The molecule has 0 bridgehead atoms. The molecular formula is C23H29N7O4S. The molecule has 35 heavy (non-hydrogen) atoms. The number of hydrogen-bond acceptors (Lipinski definition) is 10. The molecule has 1 aromatic carbocycles. The molecular weight excluding hydrogens is 470 g/mol. The van der Waals surface area contributed by atoms with Crippen molar-refractivity contribution in [1.29, 1.82) is 0 Å². The lowest BCUT2D eigenvalue weighted by atomic mass is 10.0. The van der Waals surface area contributed by atoms with E-state index in [4.69, 9.17) is 4.74 Å². The first-order valence-electron chi connectivity index (χ1n) is 11.6. The monoisotopic (exact) mass is 499 g/mol. The Hall–Kier alpha value is -2.80. The Morgan fingerprint density at radius 1 is 1.20 bits per heavy atom. The zero-order valence-corrected chi connectivity index (χ0v) is 20.4. The Morgan fingerprint density at radius 2 is 2.00 bits per heavy atom. The van der Waals surface area contributed by atoms with Crippen LogP contribution in [0.1, 0.15) is 30.4 Å². The number of carbonyl (C=O) groups is 1. The van der Waals surface area contributed by atoms with Crippen LogP contribution in [0.2, 0.25) is 0 Å². The third-order valence-electron chi connectivity index (χ3n) is 6.73. The molecule has 12 heteroatoms. The summed E-state index contributed by atoms with van der Waals surface area (Å²) in [5.74, 6) is -0.110. The Kier molecular flexibility index (Phi) is 6.87. The van der Waals surface area contributed by atoms with Gasteiger partial charge in [-0.2, -0.15) is 0 Å². The number of fused-ring (bicyclic) bond motifs is 1. The highest BCUT2D eigenvalue weighted by molar-refractivity contribution is 7.98. The van der Waals surface area contributed by atoms with Gasteiger partial charge >= 0.3 is 0 Å². The molecule has 5 rings (SSSR count). The largest absolute Gasteiger partial charge is 0.390 e. The van der Waals surface area contributed by atoms with Gasteiger partial charge in [-0.15, -0.1) is 5.10 Å². The predicted molar refractivity (Wildman–Crippen MR) is 130 cm³/mol. The van der Waals surface area contributed by atoms with Gasteiger partial charge in [0, 0.05) is 25.6 Å². The SMILES string of the molecule is COCCNC(=O)C1CC(n2nnc3c(NC4CC4c4ccccc4)nc(SC)nc32)C(O)C1O. The van der Waals surface area contributed by atoms with Crippen LogP contribution < -0.4 is 10.6 Å². The molecule has 6 atom stereocenters. The van der Waals surface area contributed by atoms with E-state index in [9.17, 15) is 15.0 Å². The number of nitrogens with one attached hydrogen (secondary N) is 2. The number of aliphatic hydroxyl groups excluding tert-OH is 2. The molecule has 11 nitrogen and oxygen atoms in total. The van der Waals surface area contributed by atoms with Crippen LogP contribution >= 0.6 is 11.8 Å². The van der Waals surface area contributed by atoms with Crippen molar-refractivity contribution in [3.05, 3.63) is 35.9 Å². The number of anilines is 1. The molecule has 3 aromatic rings. The standard InChI is InChI=1S/C23H29N7O4S/c1-34-9-8-24-22(33)14-11-16(19(32)18(14)31)30-21-17(28-29-30)20(26-23(27-21)35-2)25-15-10-13(15)12-6-4-3-5-7-12/h3-7,13-16,18-19,31-32H,8-11H2,1-2H3,(H,24,33)(H,25,26,27). The highest BCUT2D eigenvalue weighted by Crippen LogP contribution is 2.43. The molecule has 2 fully saturated rings. The predicted octanol–water partition coefficient (Wildman–Crippen LogP) is 0.957. The van der Waals surface area contributed by atoms with E-state index in [-0.39, 0.29) is 18.4 Å². The summed E-state index contributed by atoms with van der Waals surface area (Å²) in [5.41, 5.74) is 2.23. The van der Waals surface area contributed by atoms with Crippen LogP contribution in [0, 0.1) is 5.92 Å². The highest BCUT2D eigenvalue weighted by atomic mass is 32.2. The fourth-order valence-corrected chi connectivity index (χ4v) is 5.10. The van der Waals surface area contributed by atoms with E-state index in [0.717, 1.165) is 6.42 Å². The smallest absolute Gasteiger partial charge is 0.225 e. The minimum absolute atomic E-state index is 0.208. The number of thioether (sulfide) groups is 1. The van der Waals surface area contributed by atoms with Crippen LogP contribution in [-0.4, -0.2) is 85.8 Å². The number of rotatable bonds is 9. The van der Waals surface area contributed by atoms with Gasteiger partial charge in [-0.3, -0.25) is 4.79 Å². The van der Waals surface area contributed by atoms with Crippen molar-refractivity contribution in [3.63, 3.8) is 0 Å². The van der Waals surface area contributed by atoms with E-state index in [1.165, 1.54) is 22.0 Å². The molecule has 2 aliphatic rings. The van der Waals surface area contributed by atoms with Crippen molar-refractivity contribution >= 4 is 34.7 Å². The van der Waals surface area contributed by atoms with E-state index in [1.807, 2.05) is 24.5 Å². The van der Waals surface area contributed by atoms with Crippen LogP contribution in [0.15, 0.2) is 35.5 Å². The van der Waals surface area contributed by atoms with Gasteiger partial charge in [-0.05, 0) is 24.7 Å². The summed E-state index contributed by atoms with van der Waals surface area (Å²) >= 11 is 1.40. The van der Waals surface area contributed by atoms with Crippen molar-refractivity contribution in [2.75, 3.05) is 31.8 Å². The summed E-state index contributed by atoms with van der Waals surface area (Å²) in [6.07, 6.45) is 0.676. The number of amides is 1. The molecule has 0 aliphatic heterocycles. The molecule has 0 saturated heterocycles. The Morgan fingerprint density at radius 3 is 2.74 bits per heavy atom. The lowest BCUT2D eigenvalue weighted by molar-refractivity contribution is -0.129. The topological polar surface area (TPSA) is 147 Å². The molecule has 4 N–H and O–H groups in total. The number of aliphatic hydroxyl groups is 2. The molecule has 186 valence electrons. The van der Waals surface area contributed by atoms with E-state index in [1.54, 1.807) is 7.11 Å². The van der Waals surface area contributed by atoms with Crippen LogP contribution in [0.5, 0.6) is 0 Å². The van der Waals surface area contributed by atoms with Gasteiger partial charge in [0.25, 0.3) is 0 Å². The van der Waals surface area contributed by atoms with Crippen LogP contribution in [-0.2, 0) is 9.53 Å². The summed E-state index contributed by atoms with van der Waals surface area (Å²) in [6.45, 7) is 0.695. The first-order chi connectivity index (χ1) is 17.0. The number of benzene rings is 1. The third-order valence-corrected chi connectivity index (χ3v) is 7.28. The van der Waals surface area contributed by atoms with Crippen molar-refractivity contribution in [3.8, 4) is 0 Å². The highest BCUT2D eigenvalue weighted by Gasteiger charge is 2.47. The summed E-state index contributed by atoms with van der Waals surface area (Å²) in [5, 5.41) is 36.7. The summed E-state index contributed by atoms with van der Waals surface area (Å²) in [4.78, 5) is 21.8. The molecule has 2 aromatic heterocycles. The first-order valence-corrected chi connectivity index (χ1v) is 12.9. The molecule has 2 saturated carbocycles. The maximum absolute atomic E-state index is 12.6. The lowest BCUT2D eigenvalue weighted by Gasteiger charge is -2.17. The first kappa shape index (κ1) is 23.9. The molecule has 2 heterocycles. The van der Waals surface area contributed by atoms with Gasteiger partial charge in [0.1, 0.15) is 6.10 Å². The maximum Gasteiger partial charge on any atom is 0.225 e. The van der Waals surface area contributed by atoms with Crippen LogP contribution in [0.25, 0.3) is 11.2 Å². The second kappa shape index (κ2) is 10.1. The average molecular weight is 500 g/mol. The van der Waals surface area contributed by atoms with E-state index >= 15 is 0 Å². The Balaban J connectivity index is 1.38. The Labute approximate surface area is 206 Å². The Bertz CT molecular complexity index is 1190. The molecule has 0 spiro atoms. The number of methoxy groups -OCH3 is 1. The van der Waals surface area contributed by atoms with Gasteiger partial charge in [-0.1, -0.05) is 47.3 Å². The van der Waals surface area contributed by atoms with Crippen molar-refractivity contribution < 1.29 is 19.7 Å². The second-order valence-corrected chi connectivity index (χ2v) is 9.72. The molecule has 2 aliphatic carbocycles. The number of nitrogens with zero attached hydrogens (tertiary/aromatic N) is 5. The maximum atomic E-state index is 12.6. The van der Waals surface area contributed by atoms with Gasteiger partial charge in [0.05, 0.1) is 24.7 Å². The van der Waals surface area contributed by atoms with Gasteiger partial charge in [0.2, 0.25) is 5.91 Å². The van der Waals surface area contributed by atoms with Crippen molar-refractivity contribution in [2.24, 2.45) is 5.92 Å². The quantitative estimate of drug-likeness (QED) is 0.191. The van der Waals surface area contributed by atoms with E-state index in [0.29, 0.717) is 41.2 Å². The number of ether oxygens (including phenoxy) is 1. The summed E-state index contributed by atoms with van der Waals surface area (Å²) in [7, 11) is 1.55. The molecule has 6 unspecified atom stereocenters. The number of aromatic nitrogens is 5. The van der Waals surface area contributed by atoms with Gasteiger partial charge in [-0.25, -0.2) is 14.6 Å².